The fourth-order valence-corrected chi connectivity index (χ4v) is 4.70. The van der Waals surface area contributed by atoms with Crippen molar-refractivity contribution in [2.75, 3.05) is 30.3 Å². The average Bonchev–Trinajstić information content (AvgIpc) is 3.32. The summed E-state index contributed by atoms with van der Waals surface area (Å²) in [5, 5.41) is 7.97. The van der Waals surface area contributed by atoms with Crippen molar-refractivity contribution in [3.05, 3.63) is 54.1 Å². The number of halogens is 3. The minimum atomic E-state index is -4.55. The lowest BCUT2D eigenvalue weighted by Gasteiger charge is -2.16. The Hall–Kier alpha value is -3.45. The first-order valence-corrected chi connectivity index (χ1v) is 11.5. The molecule has 9 nitrogen and oxygen atoms in total. The molecule has 1 heterocycles. The number of hydrogen-bond donors (Lipinski definition) is 2. The topological polar surface area (TPSA) is 117 Å². The van der Waals surface area contributed by atoms with Crippen LogP contribution in [0.5, 0.6) is 0 Å². The van der Waals surface area contributed by atoms with Crippen LogP contribution in [0.2, 0.25) is 0 Å². The fourth-order valence-electron chi connectivity index (χ4n) is 3.14. The fraction of sp³-hybridized carbons (Fsp3) is 0.286. The van der Waals surface area contributed by atoms with Crippen LogP contribution in [-0.4, -0.2) is 50.4 Å². The van der Waals surface area contributed by atoms with Gasteiger partial charge in [-0.15, -0.1) is 0 Å². The molecule has 2 amide bonds. The summed E-state index contributed by atoms with van der Waals surface area (Å²) in [6.07, 6.45) is -2.29. The predicted octanol–water partition coefficient (Wildman–Crippen LogP) is 3.07. The summed E-state index contributed by atoms with van der Waals surface area (Å²) >= 11 is 0. The Morgan fingerprint density at radius 1 is 1.03 bits per heavy atom. The molecule has 3 rings (SSSR count). The quantitative estimate of drug-likeness (QED) is 0.429. The molecule has 34 heavy (non-hydrogen) atoms. The van der Waals surface area contributed by atoms with E-state index < -0.39 is 40.2 Å². The van der Waals surface area contributed by atoms with E-state index in [9.17, 15) is 31.2 Å². The maximum Gasteiger partial charge on any atom is 0.416 e. The lowest BCUT2D eigenvalue weighted by molar-refractivity contribution is -0.137. The van der Waals surface area contributed by atoms with Crippen molar-refractivity contribution in [2.45, 2.75) is 23.9 Å². The molecule has 1 aliphatic rings. The number of rotatable bonds is 8. The summed E-state index contributed by atoms with van der Waals surface area (Å²) in [5.41, 5.74) is -0.777. The van der Waals surface area contributed by atoms with Crippen molar-refractivity contribution in [2.24, 2.45) is 5.16 Å². The maximum absolute atomic E-state index is 12.7. The van der Waals surface area contributed by atoms with Gasteiger partial charge < -0.3 is 15.5 Å². The van der Waals surface area contributed by atoms with Gasteiger partial charge in [0.25, 0.3) is 11.8 Å². The zero-order valence-corrected chi connectivity index (χ0v) is 18.5. The van der Waals surface area contributed by atoms with E-state index in [1.807, 2.05) is 0 Å². The Morgan fingerprint density at radius 2 is 1.68 bits per heavy atom. The zero-order valence-electron chi connectivity index (χ0n) is 17.7. The number of carbonyl (C=O) groups excluding carboxylic acids is 2. The lowest BCUT2D eigenvalue weighted by Crippen LogP contribution is -2.28. The molecule has 0 unspecified atom stereocenters. The third-order valence-corrected chi connectivity index (χ3v) is 6.61. The Morgan fingerprint density at radius 3 is 2.35 bits per heavy atom. The largest absolute Gasteiger partial charge is 0.416 e. The Balaban J connectivity index is 1.49. The molecule has 0 bridgehead atoms. The standard InChI is InChI=1S/C21H21F3N4O5S/c22-21(23,24)15-5-3-6-16(11-15)26-19(29)13-25-33-14-20(30)27-17-7-4-8-18(12-17)34(31,32)28-9-1-2-10-28/h3-8,11-13H,1-2,9-10,14H2,(H,26,29)(H,27,30)/b25-13+. The first-order valence-electron chi connectivity index (χ1n) is 10.1. The van der Waals surface area contributed by atoms with Crippen molar-refractivity contribution in [1.82, 2.24) is 4.31 Å². The molecular weight excluding hydrogens is 477 g/mol. The van der Waals surface area contributed by atoms with E-state index in [1.165, 1.54) is 34.6 Å². The summed E-state index contributed by atoms with van der Waals surface area (Å²) in [6, 6.07) is 9.81. The smallest absolute Gasteiger partial charge is 0.385 e. The zero-order chi connectivity index (χ0) is 24.8. The van der Waals surface area contributed by atoms with Gasteiger partial charge in [0, 0.05) is 24.5 Å². The second-order valence-corrected chi connectivity index (χ2v) is 9.20. The van der Waals surface area contributed by atoms with E-state index in [0.717, 1.165) is 31.0 Å². The number of sulfonamides is 1. The van der Waals surface area contributed by atoms with Gasteiger partial charge in [-0.05, 0) is 49.2 Å². The Bertz CT molecular complexity index is 1180. The van der Waals surface area contributed by atoms with Crippen molar-refractivity contribution in [3.8, 4) is 0 Å². The highest BCUT2D eigenvalue weighted by atomic mass is 32.2. The van der Waals surface area contributed by atoms with Crippen LogP contribution in [0, 0.1) is 0 Å². The van der Waals surface area contributed by atoms with E-state index in [0.29, 0.717) is 19.3 Å². The van der Waals surface area contributed by atoms with Gasteiger partial charge >= 0.3 is 6.18 Å². The van der Waals surface area contributed by atoms with E-state index in [1.54, 1.807) is 0 Å². The number of carbonyl (C=O) groups is 2. The van der Waals surface area contributed by atoms with Crippen molar-refractivity contribution < 1.29 is 36.0 Å². The molecule has 13 heteroatoms. The number of benzene rings is 2. The summed E-state index contributed by atoms with van der Waals surface area (Å²) < 4.78 is 64.8. The molecular formula is C21H21F3N4O5S. The molecule has 1 saturated heterocycles. The molecule has 0 atom stereocenters. The van der Waals surface area contributed by atoms with Crippen LogP contribution < -0.4 is 10.6 Å². The molecule has 0 aromatic heterocycles. The minimum Gasteiger partial charge on any atom is -0.385 e. The molecule has 2 aromatic carbocycles. The number of amides is 2. The van der Waals surface area contributed by atoms with Crippen LogP contribution in [-0.2, 0) is 30.6 Å². The van der Waals surface area contributed by atoms with Gasteiger partial charge in [-0.2, -0.15) is 17.5 Å². The van der Waals surface area contributed by atoms with Crippen LogP contribution >= 0.6 is 0 Å². The van der Waals surface area contributed by atoms with Gasteiger partial charge in [-0.3, -0.25) is 9.59 Å². The number of alkyl halides is 3. The first kappa shape index (κ1) is 25.2. The van der Waals surface area contributed by atoms with Gasteiger partial charge in [0.2, 0.25) is 10.0 Å². The highest BCUT2D eigenvalue weighted by Crippen LogP contribution is 2.30. The maximum atomic E-state index is 12.7. The number of oxime groups is 1. The molecule has 0 saturated carbocycles. The van der Waals surface area contributed by atoms with Crippen LogP contribution in [0.25, 0.3) is 0 Å². The third-order valence-electron chi connectivity index (χ3n) is 4.72. The molecule has 0 radical (unpaired) electrons. The second kappa shape index (κ2) is 10.7. The van der Waals surface area contributed by atoms with Crippen LogP contribution in [0.3, 0.4) is 0 Å². The normalized spacial score (nSPS) is 14.8. The third kappa shape index (κ3) is 6.78. The molecule has 1 aliphatic heterocycles. The summed E-state index contributed by atoms with van der Waals surface area (Å²) in [7, 11) is -3.64. The number of anilines is 2. The van der Waals surface area contributed by atoms with Gasteiger partial charge in [-0.1, -0.05) is 17.3 Å². The number of nitrogens with one attached hydrogen (secondary N) is 2. The molecule has 2 aromatic rings. The molecule has 1 fully saturated rings. The monoisotopic (exact) mass is 498 g/mol. The van der Waals surface area contributed by atoms with E-state index in [-0.39, 0.29) is 16.3 Å². The highest BCUT2D eigenvalue weighted by molar-refractivity contribution is 7.89. The van der Waals surface area contributed by atoms with Crippen molar-refractivity contribution in [1.29, 1.82) is 0 Å². The Labute approximate surface area is 193 Å². The highest BCUT2D eigenvalue weighted by Gasteiger charge is 2.30. The predicted molar refractivity (Wildman–Crippen MR) is 118 cm³/mol. The number of nitrogens with zero attached hydrogens (tertiary/aromatic N) is 2. The van der Waals surface area contributed by atoms with Crippen LogP contribution in [0.15, 0.2) is 58.6 Å². The van der Waals surface area contributed by atoms with Gasteiger partial charge in [-0.25, -0.2) is 8.42 Å². The first-order chi connectivity index (χ1) is 16.1. The van der Waals surface area contributed by atoms with Crippen molar-refractivity contribution in [3.63, 3.8) is 0 Å². The second-order valence-electron chi connectivity index (χ2n) is 7.26. The van der Waals surface area contributed by atoms with Gasteiger partial charge in [0.15, 0.2) is 6.61 Å². The van der Waals surface area contributed by atoms with Crippen molar-refractivity contribution >= 4 is 39.4 Å². The molecule has 2 N–H and O–H groups in total. The summed E-state index contributed by atoms with van der Waals surface area (Å²) in [4.78, 5) is 28.6. The SMILES string of the molecule is O=C(/C=N/OCC(=O)Nc1cccc(S(=O)(=O)N2CCCC2)c1)Nc1cccc(C(F)(F)F)c1. The minimum absolute atomic E-state index is 0.0532. The van der Waals surface area contributed by atoms with E-state index in [2.05, 4.69) is 15.8 Å². The summed E-state index contributed by atoms with van der Waals surface area (Å²) in [6.45, 7) is 0.314. The van der Waals surface area contributed by atoms with Crippen LogP contribution in [0.4, 0.5) is 24.5 Å². The Kier molecular flexibility index (Phi) is 7.89. The number of hydrogen-bond acceptors (Lipinski definition) is 6. The molecule has 0 spiro atoms. The van der Waals surface area contributed by atoms with Crippen LogP contribution in [0.1, 0.15) is 18.4 Å². The lowest BCUT2D eigenvalue weighted by atomic mass is 10.2. The average molecular weight is 498 g/mol. The molecule has 182 valence electrons. The summed E-state index contributed by atoms with van der Waals surface area (Å²) in [5.74, 6) is -1.52. The van der Waals surface area contributed by atoms with Gasteiger partial charge in [0.1, 0.15) is 6.21 Å². The molecule has 0 aliphatic carbocycles. The van der Waals surface area contributed by atoms with E-state index in [4.69, 9.17) is 4.84 Å². The van der Waals surface area contributed by atoms with Gasteiger partial charge in [0.05, 0.1) is 10.5 Å². The van der Waals surface area contributed by atoms with E-state index >= 15 is 0 Å².